The van der Waals surface area contributed by atoms with E-state index >= 15 is 0 Å². The van der Waals surface area contributed by atoms with Gasteiger partial charge in [0.05, 0.1) is 27.9 Å². The second-order valence-electron chi connectivity index (χ2n) is 4.29. The number of para-hydroxylation sites is 1. The molecule has 21 heavy (non-hydrogen) atoms. The maximum atomic E-state index is 12.2. The molecule has 4 nitrogen and oxygen atoms in total. The summed E-state index contributed by atoms with van der Waals surface area (Å²) in [6.45, 7) is 0. The molecule has 1 amide bonds. The maximum Gasteiger partial charge on any atom is 0.258 e. The molecule has 3 rings (SSSR count). The third-order valence-corrected chi connectivity index (χ3v) is 4.20. The number of benzene rings is 2. The van der Waals surface area contributed by atoms with E-state index in [9.17, 15) is 4.79 Å². The van der Waals surface area contributed by atoms with Gasteiger partial charge in [0.25, 0.3) is 5.91 Å². The molecular weight excluding hydrogens is 308 g/mol. The molecule has 0 bridgehead atoms. The fourth-order valence-corrected chi connectivity index (χ4v) is 3.01. The number of rotatable bonds is 3. The predicted octanol–water partition coefficient (Wildman–Crippen LogP) is 4.21. The van der Waals surface area contributed by atoms with Gasteiger partial charge in [0.1, 0.15) is 5.75 Å². The molecule has 3 aromatic rings. The Hall–Kier alpha value is -2.11. The van der Waals surface area contributed by atoms with Crippen molar-refractivity contribution < 1.29 is 9.53 Å². The summed E-state index contributed by atoms with van der Waals surface area (Å²) >= 11 is 7.51. The number of aromatic nitrogens is 1. The van der Waals surface area contributed by atoms with Gasteiger partial charge in [-0.05, 0) is 30.3 Å². The smallest absolute Gasteiger partial charge is 0.258 e. The summed E-state index contributed by atoms with van der Waals surface area (Å²) in [5.41, 5.74) is 1.25. The summed E-state index contributed by atoms with van der Waals surface area (Å²) in [7, 11) is 1.55. The summed E-state index contributed by atoms with van der Waals surface area (Å²) in [6, 6.07) is 12.6. The Morgan fingerprint density at radius 2 is 2.10 bits per heavy atom. The Kier molecular flexibility index (Phi) is 3.77. The lowest BCUT2D eigenvalue weighted by Crippen LogP contribution is -2.12. The first kappa shape index (κ1) is 13.9. The minimum Gasteiger partial charge on any atom is -0.497 e. The minimum atomic E-state index is -0.290. The highest BCUT2D eigenvalue weighted by molar-refractivity contribution is 7.22. The Morgan fingerprint density at radius 1 is 1.29 bits per heavy atom. The van der Waals surface area contributed by atoms with Gasteiger partial charge in [0, 0.05) is 0 Å². The number of nitrogens with one attached hydrogen (secondary N) is 1. The van der Waals surface area contributed by atoms with E-state index in [2.05, 4.69) is 10.3 Å². The monoisotopic (exact) mass is 318 g/mol. The van der Waals surface area contributed by atoms with E-state index in [-0.39, 0.29) is 5.91 Å². The number of methoxy groups -OCH3 is 1. The van der Waals surface area contributed by atoms with Gasteiger partial charge in [-0.25, -0.2) is 4.98 Å². The van der Waals surface area contributed by atoms with Gasteiger partial charge in [-0.15, -0.1) is 0 Å². The first-order chi connectivity index (χ1) is 10.2. The molecule has 0 atom stereocenters. The van der Waals surface area contributed by atoms with Crippen molar-refractivity contribution in [2.75, 3.05) is 12.4 Å². The number of ether oxygens (including phenoxy) is 1. The zero-order valence-electron chi connectivity index (χ0n) is 11.1. The average Bonchev–Trinajstić information content (AvgIpc) is 2.88. The molecule has 0 saturated heterocycles. The summed E-state index contributed by atoms with van der Waals surface area (Å²) < 4.78 is 6.08. The van der Waals surface area contributed by atoms with Crippen molar-refractivity contribution in [1.82, 2.24) is 4.98 Å². The third-order valence-electron chi connectivity index (χ3n) is 2.94. The second kappa shape index (κ2) is 5.71. The zero-order chi connectivity index (χ0) is 14.8. The fourth-order valence-electron chi connectivity index (χ4n) is 1.90. The first-order valence-electron chi connectivity index (χ1n) is 6.18. The Bertz CT molecular complexity index is 783. The van der Waals surface area contributed by atoms with Crippen LogP contribution in [0.5, 0.6) is 5.75 Å². The highest BCUT2D eigenvalue weighted by atomic mass is 35.5. The summed E-state index contributed by atoms with van der Waals surface area (Å²) in [5.74, 6) is 0.318. The van der Waals surface area contributed by atoms with Gasteiger partial charge in [-0.2, -0.15) is 0 Å². The maximum absolute atomic E-state index is 12.2. The van der Waals surface area contributed by atoms with Gasteiger partial charge in [-0.3, -0.25) is 10.1 Å². The molecule has 0 aliphatic rings. The van der Waals surface area contributed by atoms with E-state index in [1.807, 2.05) is 24.3 Å². The Labute approximate surface area is 130 Å². The SMILES string of the molecule is COc1ccc(C(=O)Nc2nc3ccccc3s2)c(Cl)c1. The van der Waals surface area contributed by atoms with Gasteiger partial charge < -0.3 is 4.74 Å². The number of anilines is 1. The molecule has 0 aliphatic heterocycles. The normalized spacial score (nSPS) is 10.6. The van der Waals surface area contributed by atoms with E-state index in [4.69, 9.17) is 16.3 Å². The lowest BCUT2D eigenvalue weighted by molar-refractivity contribution is 0.102. The number of amides is 1. The number of hydrogen-bond donors (Lipinski definition) is 1. The van der Waals surface area contributed by atoms with Crippen molar-refractivity contribution in [1.29, 1.82) is 0 Å². The van der Waals surface area contributed by atoms with Crippen LogP contribution in [0.25, 0.3) is 10.2 Å². The highest BCUT2D eigenvalue weighted by Crippen LogP contribution is 2.27. The van der Waals surface area contributed by atoms with E-state index < -0.39 is 0 Å². The number of thiazole rings is 1. The second-order valence-corrected chi connectivity index (χ2v) is 5.72. The van der Waals surface area contributed by atoms with Crippen molar-refractivity contribution in [2.24, 2.45) is 0 Å². The zero-order valence-corrected chi connectivity index (χ0v) is 12.7. The van der Waals surface area contributed by atoms with E-state index in [0.29, 0.717) is 21.5 Å². The van der Waals surface area contributed by atoms with Crippen LogP contribution < -0.4 is 10.1 Å². The van der Waals surface area contributed by atoms with E-state index in [1.165, 1.54) is 11.3 Å². The third kappa shape index (κ3) is 2.84. The summed E-state index contributed by atoms with van der Waals surface area (Å²) in [4.78, 5) is 16.6. The van der Waals surface area contributed by atoms with Gasteiger partial charge >= 0.3 is 0 Å². The number of halogens is 1. The topological polar surface area (TPSA) is 51.2 Å². The molecule has 2 aromatic carbocycles. The molecule has 0 unspecified atom stereocenters. The van der Waals surface area contributed by atoms with Crippen LogP contribution in [0.4, 0.5) is 5.13 Å². The van der Waals surface area contributed by atoms with Crippen LogP contribution in [-0.2, 0) is 0 Å². The van der Waals surface area contributed by atoms with Crippen LogP contribution in [0.2, 0.25) is 5.02 Å². The van der Waals surface area contributed by atoms with Crippen molar-refractivity contribution in [3.63, 3.8) is 0 Å². The molecule has 1 N–H and O–H groups in total. The van der Waals surface area contributed by atoms with Crippen LogP contribution in [0.15, 0.2) is 42.5 Å². The van der Waals surface area contributed by atoms with Crippen LogP contribution in [0, 0.1) is 0 Å². The molecule has 106 valence electrons. The number of nitrogens with zero attached hydrogens (tertiary/aromatic N) is 1. The Morgan fingerprint density at radius 3 is 2.81 bits per heavy atom. The molecule has 0 fully saturated rings. The molecule has 1 aromatic heterocycles. The molecule has 0 radical (unpaired) electrons. The number of carbonyl (C=O) groups excluding carboxylic acids is 1. The van der Waals surface area contributed by atoms with Gasteiger partial charge in [0.2, 0.25) is 0 Å². The molecule has 0 aliphatic carbocycles. The quantitative estimate of drug-likeness (QED) is 0.787. The van der Waals surface area contributed by atoms with Crippen LogP contribution in [-0.4, -0.2) is 18.0 Å². The summed E-state index contributed by atoms with van der Waals surface area (Å²) in [6.07, 6.45) is 0. The standard InChI is InChI=1S/C15H11ClN2O2S/c1-20-9-6-7-10(11(16)8-9)14(19)18-15-17-12-4-2-3-5-13(12)21-15/h2-8H,1H3,(H,17,18,19). The van der Waals surface area contributed by atoms with Crippen molar-refractivity contribution in [3.8, 4) is 5.75 Å². The van der Waals surface area contributed by atoms with Gasteiger partial charge in [-0.1, -0.05) is 35.1 Å². The highest BCUT2D eigenvalue weighted by Gasteiger charge is 2.13. The lowest BCUT2D eigenvalue weighted by atomic mass is 10.2. The van der Waals surface area contributed by atoms with Crippen molar-refractivity contribution >= 4 is 44.2 Å². The molecular formula is C15H11ClN2O2S. The predicted molar refractivity (Wildman–Crippen MR) is 85.6 cm³/mol. The van der Waals surface area contributed by atoms with E-state index in [0.717, 1.165) is 10.2 Å². The number of fused-ring (bicyclic) bond motifs is 1. The number of carbonyl (C=O) groups is 1. The molecule has 6 heteroatoms. The minimum absolute atomic E-state index is 0.290. The van der Waals surface area contributed by atoms with Crippen molar-refractivity contribution in [3.05, 3.63) is 53.1 Å². The van der Waals surface area contributed by atoms with Crippen molar-refractivity contribution in [2.45, 2.75) is 0 Å². The fraction of sp³-hybridized carbons (Fsp3) is 0.0667. The molecule has 0 saturated carbocycles. The average molecular weight is 319 g/mol. The Balaban J connectivity index is 1.85. The van der Waals surface area contributed by atoms with Crippen LogP contribution in [0.1, 0.15) is 10.4 Å². The van der Waals surface area contributed by atoms with Gasteiger partial charge in [0.15, 0.2) is 5.13 Å². The molecule has 0 spiro atoms. The van der Waals surface area contributed by atoms with E-state index in [1.54, 1.807) is 25.3 Å². The lowest BCUT2D eigenvalue weighted by Gasteiger charge is -2.06. The number of hydrogen-bond acceptors (Lipinski definition) is 4. The van der Waals surface area contributed by atoms with Crippen LogP contribution in [0.3, 0.4) is 0 Å². The molecule has 1 heterocycles. The van der Waals surface area contributed by atoms with Crippen LogP contribution >= 0.6 is 22.9 Å². The summed E-state index contributed by atoms with van der Waals surface area (Å²) in [5, 5.41) is 3.66. The first-order valence-corrected chi connectivity index (χ1v) is 7.37. The largest absolute Gasteiger partial charge is 0.497 e.